The van der Waals surface area contributed by atoms with E-state index in [2.05, 4.69) is 44.5 Å². The van der Waals surface area contributed by atoms with Gasteiger partial charge in [-0.2, -0.15) is 0 Å². The van der Waals surface area contributed by atoms with E-state index < -0.39 is 0 Å². The van der Waals surface area contributed by atoms with Gasteiger partial charge in [0, 0.05) is 29.8 Å². The van der Waals surface area contributed by atoms with Crippen LogP contribution in [0.2, 0.25) is 0 Å². The zero-order chi connectivity index (χ0) is 10.4. The average Bonchev–Trinajstić information content (AvgIpc) is 2.19. The number of nitrogens with zero attached hydrogens (tertiary/aromatic N) is 1. The van der Waals surface area contributed by atoms with E-state index in [1.807, 2.05) is 7.05 Å². The lowest BCUT2D eigenvalue weighted by Crippen LogP contribution is -2.15. The van der Waals surface area contributed by atoms with Crippen LogP contribution in [0.5, 0.6) is 0 Å². The third-order valence-electron chi connectivity index (χ3n) is 1.91. The predicted molar refractivity (Wildman–Crippen MR) is 63.5 cm³/mol. The molecule has 78 valence electrons. The van der Waals surface area contributed by atoms with E-state index in [1.54, 1.807) is 6.20 Å². The van der Waals surface area contributed by atoms with Crippen LogP contribution in [0, 0.1) is 0 Å². The molecule has 0 saturated heterocycles. The normalized spacial score (nSPS) is 10.2. The molecule has 4 heteroatoms. The summed E-state index contributed by atoms with van der Waals surface area (Å²) in [6, 6.07) is 2.08. The van der Waals surface area contributed by atoms with Crippen molar-refractivity contribution < 1.29 is 0 Å². The van der Waals surface area contributed by atoms with Crippen LogP contribution in [0.4, 0.5) is 5.82 Å². The Balaban J connectivity index is 2.67. The molecule has 0 fully saturated rings. The van der Waals surface area contributed by atoms with Crippen LogP contribution in [0.25, 0.3) is 0 Å². The van der Waals surface area contributed by atoms with Crippen molar-refractivity contribution in [3.05, 3.63) is 22.3 Å². The molecular formula is C10H16BrN3. The molecule has 0 atom stereocenters. The van der Waals surface area contributed by atoms with Crippen molar-refractivity contribution in [1.82, 2.24) is 10.3 Å². The van der Waals surface area contributed by atoms with Crippen molar-refractivity contribution >= 4 is 21.7 Å². The summed E-state index contributed by atoms with van der Waals surface area (Å²) in [5.74, 6) is 0.941. The smallest absolute Gasteiger partial charge is 0.130 e. The first-order valence-corrected chi connectivity index (χ1v) is 5.60. The monoisotopic (exact) mass is 257 g/mol. The van der Waals surface area contributed by atoms with Crippen LogP contribution in [-0.2, 0) is 6.54 Å². The third-order valence-corrected chi connectivity index (χ3v) is 2.35. The highest BCUT2D eigenvalue weighted by molar-refractivity contribution is 9.10. The molecule has 14 heavy (non-hydrogen) atoms. The number of hydrogen-bond acceptors (Lipinski definition) is 3. The summed E-state index contributed by atoms with van der Waals surface area (Å²) in [5, 5.41) is 6.43. The van der Waals surface area contributed by atoms with Crippen LogP contribution in [-0.4, -0.2) is 18.6 Å². The summed E-state index contributed by atoms with van der Waals surface area (Å²) in [4.78, 5) is 4.28. The van der Waals surface area contributed by atoms with Crippen LogP contribution < -0.4 is 10.6 Å². The maximum Gasteiger partial charge on any atom is 0.130 e. The maximum absolute atomic E-state index is 4.28. The number of halogens is 1. The average molecular weight is 258 g/mol. The minimum atomic E-state index is 0.858. The van der Waals surface area contributed by atoms with E-state index in [0.29, 0.717) is 0 Å². The molecule has 0 radical (unpaired) electrons. The number of anilines is 1. The van der Waals surface area contributed by atoms with E-state index in [9.17, 15) is 0 Å². The second-order valence-electron chi connectivity index (χ2n) is 3.09. The summed E-state index contributed by atoms with van der Waals surface area (Å²) >= 11 is 3.42. The Hall–Kier alpha value is -0.610. The Morgan fingerprint density at radius 1 is 1.50 bits per heavy atom. The fourth-order valence-corrected chi connectivity index (χ4v) is 1.62. The molecule has 2 N–H and O–H groups in total. The number of nitrogens with one attached hydrogen (secondary N) is 2. The van der Waals surface area contributed by atoms with Crippen LogP contribution in [0.3, 0.4) is 0 Å². The zero-order valence-electron chi connectivity index (χ0n) is 8.60. The minimum absolute atomic E-state index is 0.858. The molecule has 0 saturated carbocycles. The van der Waals surface area contributed by atoms with Crippen LogP contribution in [0.15, 0.2) is 16.7 Å². The first kappa shape index (κ1) is 11.5. The number of rotatable bonds is 5. The summed E-state index contributed by atoms with van der Waals surface area (Å²) in [6.45, 7) is 4.05. The van der Waals surface area contributed by atoms with Gasteiger partial charge in [0.05, 0.1) is 0 Å². The highest BCUT2D eigenvalue weighted by atomic mass is 79.9. The Morgan fingerprint density at radius 3 is 2.93 bits per heavy atom. The van der Waals surface area contributed by atoms with Crippen molar-refractivity contribution in [1.29, 1.82) is 0 Å². The van der Waals surface area contributed by atoms with Crippen molar-refractivity contribution in [3.63, 3.8) is 0 Å². The molecular weight excluding hydrogens is 242 g/mol. The third kappa shape index (κ3) is 3.27. The second-order valence-corrected chi connectivity index (χ2v) is 4.00. The first-order valence-electron chi connectivity index (χ1n) is 4.80. The zero-order valence-corrected chi connectivity index (χ0v) is 10.2. The predicted octanol–water partition coefficient (Wildman–Crippen LogP) is 2.39. The van der Waals surface area contributed by atoms with Gasteiger partial charge in [-0.3, -0.25) is 0 Å². The van der Waals surface area contributed by atoms with Gasteiger partial charge in [0.25, 0.3) is 0 Å². The summed E-state index contributed by atoms with van der Waals surface area (Å²) in [5.41, 5.74) is 1.19. The van der Waals surface area contributed by atoms with Gasteiger partial charge in [-0.1, -0.05) is 6.92 Å². The molecule has 0 aliphatic rings. The van der Waals surface area contributed by atoms with E-state index in [1.165, 1.54) is 5.56 Å². The Bertz CT molecular complexity index is 289. The fourth-order valence-electron chi connectivity index (χ4n) is 1.24. The quantitative estimate of drug-likeness (QED) is 0.796. The van der Waals surface area contributed by atoms with Crippen molar-refractivity contribution in [3.8, 4) is 0 Å². The molecule has 3 nitrogen and oxygen atoms in total. The van der Waals surface area contributed by atoms with Crippen molar-refractivity contribution in [2.75, 3.05) is 18.9 Å². The van der Waals surface area contributed by atoms with E-state index in [4.69, 9.17) is 0 Å². The molecule has 0 amide bonds. The topological polar surface area (TPSA) is 37.0 Å². The van der Waals surface area contributed by atoms with Gasteiger partial charge in [-0.05, 0) is 35.0 Å². The maximum atomic E-state index is 4.28. The number of aromatic nitrogens is 1. The fraction of sp³-hybridized carbons (Fsp3) is 0.500. The molecule has 1 aromatic rings. The van der Waals surface area contributed by atoms with Crippen LogP contribution in [0.1, 0.15) is 18.9 Å². The molecule has 0 spiro atoms. The summed E-state index contributed by atoms with van der Waals surface area (Å²) < 4.78 is 1.02. The second kappa shape index (κ2) is 5.98. The Kier molecular flexibility index (Phi) is 4.90. The van der Waals surface area contributed by atoms with Gasteiger partial charge >= 0.3 is 0 Å². The Morgan fingerprint density at radius 2 is 2.29 bits per heavy atom. The number of pyridine rings is 1. The summed E-state index contributed by atoms with van der Waals surface area (Å²) in [7, 11) is 1.89. The van der Waals surface area contributed by atoms with Gasteiger partial charge in [-0.25, -0.2) is 4.98 Å². The lowest BCUT2D eigenvalue weighted by atomic mass is 10.2. The molecule has 0 bridgehead atoms. The van der Waals surface area contributed by atoms with E-state index in [0.717, 1.165) is 29.8 Å². The molecule has 1 heterocycles. The molecule has 1 aromatic heterocycles. The molecule has 0 aliphatic carbocycles. The van der Waals surface area contributed by atoms with E-state index in [-0.39, 0.29) is 0 Å². The van der Waals surface area contributed by atoms with Gasteiger partial charge < -0.3 is 10.6 Å². The lowest BCUT2D eigenvalue weighted by Gasteiger charge is -2.09. The van der Waals surface area contributed by atoms with Gasteiger partial charge in [0.1, 0.15) is 5.82 Å². The Labute approximate surface area is 93.4 Å². The van der Waals surface area contributed by atoms with Gasteiger partial charge in [0.15, 0.2) is 0 Å². The molecule has 0 unspecified atom stereocenters. The minimum Gasteiger partial charge on any atom is -0.373 e. The van der Waals surface area contributed by atoms with Crippen molar-refractivity contribution in [2.45, 2.75) is 19.9 Å². The standard InChI is InChI=1S/C10H16BrN3/c1-3-4-13-6-8-5-9(11)7-14-10(8)12-2/h5,7,13H,3-4,6H2,1-2H3,(H,12,14). The SMILES string of the molecule is CCCNCc1cc(Br)cnc1NC. The lowest BCUT2D eigenvalue weighted by molar-refractivity contribution is 0.674. The highest BCUT2D eigenvalue weighted by Gasteiger charge is 2.02. The summed E-state index contributed by atoms with van der Waals surface area (Å²) in [6.07, 6.45) is 2.95. The number of hydrogen-bond donors (Lipinski definition) is 2. The molecule has 0 aromatic carbocycles. The largest absolute Gasteiger partial charge is 0.373 e. The van der Waals surface area contributed by atoms with Crippen LogP contribution >= 0.6 is 15.9 Å². The van der Waals surface area contributed by atoms with E-state index >= 15 is 0 Å². The first-order chi connectivity index (χ1) is 6.77. The van der Waals surface area contributed by atoms with Crippen molar-refractivity contribution in [2.24, 2.45) is 0 Å². The molecule has 0 aliphatic heterocycles. The molecule has 1 rings (SSSR count). The van der Waals surface area contributed by atoms with Gasteiger partial charge in [0.2, 0.25) is 0 Å². The van der Waals surface area contributed by atoms with Gasteiger partial charge in [-0.15, -0.1) is 0 Å². The highest BCUT2D eigenvalue weighted by Crippen LogP contribution is 2.17.